The van der Waals surface area contributed by atoms with Crippen molar-refractivity contribution in [1.82, 2.24) is 4.57 Å². The molecule has 0 radical (unpaired) electrons. The van der Waals surface area contributed by atoms with Gasteiger partial charge < -0.3 is 14.5 Å². The van der Waals surface area contributed by atoms with E-state index in [9.17, 15) is 14.7 Å². The predicted octanol–water partition coefficient (Wildman–Crippen LogP) is 1.26. The second-order valence-electron chi connectivity index (χ2n) is 5.15. The second-order valence-corrected chi connectivity index (χ2v) is 5.15. The van der Waals surface area contributed by atoms with Gasteiger partial charge in [-0.1, -0.05) is 29.8 Å². The molecule has 0 spiro atoms. The number of rotatable bonds is 3. The van der Waals surface area contributed by atoms with Crippen LogP contribution < -0.4 is 5.11 Å². The molecule has 1 aromatic carbocycles. The third-order valence-corrected chi connectivity index (χ3v) is 3.84. The van der Waals surface area contributed by atoms with Crippen molar-refractivity contribution in [3.05, 3.63) is 58.9 Å². The number of hydrogen-bond acceptors (Lipinski definition) is 3. The quantitative estimate of drug-likeness (QED) is 0.628. The molecule has 1 aliphatic heterocycles. The molecule has 5 heteroatoms. The Morgan fingerprint density at radius 2 is 1.81 bits per heavy atom. The van der Waals surface area contributed by atoms with E-state index in [1.165, 1.54) is 0 Å². The minimum Gasteiger partial charge on any atom is -0.549 e. The SMILES string of the molecule is Cc1ccc(C(=O)c2ccc3n2CCC3C(=O)[O-])cc1.[Cu+]. The summed E-state index contributed by atoms with van der Waals surface area (Å²) in [5.41, 5.74) is 2.93. The predicted molar refractivity (Wildman–Crippen MR) is 71.4 cm³/mol. The summed E-state index contributed by atoms with van der Waals surface area (Å²) in [5.74, 6) is -1.75. The van der Waals surface area contributed by atoms with Crippen molar-refractivity contribution in [1.29, 1.82) is 0 Å². The minimum atomic E-state index is -1.07. The zero-order chi connectivity index (χ0) is 14.3. The molecule has 112 valence electrons. The molecule has 0 bridgehead atoms. The second kappa shape index (κ2) is 5.88. The van der Waals surface area contributed by atoms with Crippen LogP contribution in [0.4, 0.5) is 0 Å². The van der Waals surface area contributed by atoms with E-state index in [-0.39, 0.29) is 22.9 Å². The summed E-state index contributed by atoms with van der Waals surface area (Å²) in [4.78, 5) is 23.5. The topological polar surface area (TPSA) is 62.1 Å². The van der Waals surface area contributed by atoms with E-state index in [2.05, 4.69) is 0 Å². The zero-order valence-electron chi connectivity index (χ0n) is 11.4. The standard InChI is InChI=1S/C16H15NO3.Cu/c1-10-2-4-11(5-3-10)15(18)14-7-6-13-12(16(19)20)8-9-17(13)14;/h2-7,12H,8-9H2,1H3,(H,19,20);/q;+1/p-1. The molecule has 0 saturated heterocycles. The van der Waals surface area contributed by atoms with Gasteiger partial charge in [-0.15, -0.1) is 0 Å². The number of carbonyl (C=O) groups excluding carboxylic acids is 2. The number of ketones is 1. The van der Waals surface area contributed by atoms with Crippen molar-refractivity contribution in [2.45, 2.75) is 25.8 Å². The van der Waals surface area contributed by atoms with Crippen molar-refractivity contribution >= 4 is 11.8 Å². The van der Waals surface area contributed by atoms with Crippen LogP contribution in [0, 0.1) is 6.92 Å². The number of aliphatic carboxylic acids is 1. The van der Waals surface area contributed by atoms with E-state index >= 15 is 0 Å². The van der Waals surface area contributed by atoms with Gasteiger partial charge in [0.1, 0.15) is 0 Å². The Morgan fingerprint density at radius 1 is 1.14 bits per heavy atom. The number of aromatic nitrogens is 1. The molecule has 0 aliphatic carbocycles. The Kier molecular flexibility index (Phi) is 4.35. The molecule has 0 amide bonds. The number of fused-ring (bicyclic) bond motifs is 1. The Hall–Kier alpha value is -1.84. The summed E-state index contributed by atoms with van der Waals surface area (Å²) in [6.45, 7) is 2.52. The van der Waals surface area contributed by atoms with E-state index in [1.807, 2.05) is 19.1 Å². The van der Waals surface area contributed by atoms with Crippen molar-refractivity contribution in [2.24, 2.45) is 0 Å². The molecule has 0 N–H and O–H groups in total. The number of aryl methyl sites for hydroxylation is 1. The van der Waals surface area contributed by atoms with Crippen LogP contribution in [-0.4, -0.2) is 16.3 Å². The maximum atomic E-state index is 12.5. The van der Waals surface area contributed by atoms with Crippen LogP contribution in [0.5, 0.6) is 0 Å². The molecule has 21 heavy (non-hydrogen) atoms. The normalized spacial score (nSPS) is 16.1. The van der Waals surface area contributed by atoms with E-state index in [0.29, 0.717) is 29.9 Å². The van der Waals surface area contributed by atoms with E-state index in [4.69, 9.17) is 0 Å². The molecular weight excluding hydrogens is 318 g/mol. The number of nitrogens with zero attached hydrogens (tertiary/aromatic N) is 1. The Balaban J connectivity index is 0.00000161. The summed E-state index contributed by atoms with van der Waals surface area (Å²) < 4.78 is 1.79. The average molecular weight is 332 g/mol. The molecule has 1 atom stereocenters. The van der Waals surface area contributed by atoms with Crippen LogP contribution in [-0.2, 0) is 28.4 Å². The molecule has 3 rings (SSSR count). The molecule has 4 nitrogen and oxygen atoms in total. The molecule has 1 unspecified atom stereocenters. The molecule has 1 aliphatic rings. The van der Waals surface area contributed by atoms with Crippen LogP contribution in [0.25, 0.3) is 0 Å². The number of carbonyl (C=O) groups is 2. The number of carboxylic acid groups (broad SMARTS) is 1. The molecule has 0 saturated carbocycles. The van der Waals surface area contributed by atoms with Gasteiger partial charge in [-0.25, -0.2) is 0 Å². The Bertz CT molecular complexity index is 688. The fourth-order valence-corrected chi connectivity index (χ4v) is 2.73. The molecule has 0 fully saturated rings. The van der Waals surface area contributed by atoms with Crippen molar-refractivity contribution in [3.8, 4) is 0 Å². The van der Waals surface area contributed by atoms with Gasteiger partial charge >= 0.3 is 17.1 Å². The summed E-state index contributed by atoms with van der Waals surface area (Å²) >= 11 is 0. The van der Waals surface area contributed by atoms with Gasteiger partial charge in [-0.05, 0) is 25.5 Å². The molecular formula is C16H14CuNO3. The van der Waals surface area contributed by atoms with Gasteiger partial charge in [0.05, 0.1) is 11.7 Å². The Labute approximate surface area is 133 Å². The van der Waals surface area contributed by atoms with Gasteiger partial charge in [0, 0.05) is 23.7 Å². The maximum Gasteiger partial charge on any atom is 1.00 e. The van der Waals surface area contributed by atoms with Crippen molar-refractivity contribution in [2.75, 3.05) is 0 Å². The van der Waals surface area contributed by atoms with Crippen LogP contribution >= 0.6 is 0 Å². The van der Waals surface area contributed by atoms with Crippen LogP contribution in [0.3, 0.4) is 0 Å². The van der Waals surface area contributed by atoms with Crippen LogP contribution in [0.15, 0.2) is 36.4 Å². The van der Waals surface area contributed by atoms with Crippen molar-refractivity contribution in [3.63, 3.8) is 0 Å². The van der Waals surface area contributed by atoms with Crippen molar-refractivity contribution < 1.29 is 31.8 Å². The van der Waals surface area contributed by atoms with E-state index in [1.54, 1.807) is 28.8 Å². The van der Waals surface area contributed by atoms with Crippen LogP contribution in [0.2, 0.25) is 0 Å². The maximum absolute atomic E-state index is 12.5. The third kappa shape index (κ3) is 2.67. The van der Waals surface area contributed by atoms with Gasteiger partial charge in [0.15, 0.2) is 0 Å². The average Bonchev–Trinajstić information content (AvgIpc) is 2.99. The van der Waals surface area contributed by atoms with E-state index in [0.717, 1.165) is 5.56 Å². The first kappa shape index (κ1) is 15.5. The van der Waals surface area contributed by atoms with Gasteiger partial charge in [0.25, 0.3) is 0 Å². The molecule has 2 aromatic rings. The summed E-state index contributed by atoms with van der Waals surface area (Å²) in [7, 11) is 0. The third-order valence-electron chi connectivity index (χ3n) is 3.84. The van der Waals surface area contributed by atoms with E-state index < -0.39 is 11.9 Å². The monoisotopic (exact) mass is 331 g/mol. The Morgan fingerprint density at radius 3 is 2.43 bits per heavy atom. The largest absolute Gasteiger partial charge is 1.00 e. The fraction of sp³-hybridized carbons (Fsp3) is 0.250. The number of carboxylic acids is 1. The smallest absolute Gasteiger partial charge is 0.549 e. The first-order valence-electron chi connectivity index (χ1n) is 6.59. The number of hydrogen-bond donors (Lipinski definition) is 0. The first-order valence-corrected chi connectivity index (χ1v) is 6.59. The minimum absolute atomic E-state index is 0. The van der Waals surface area contributed by atoms with Gasteiger partial charge in [-0.3, -0.25) is 4.79 Å². The number of benzene rings is 1. The summed E-state index contributed by atoms with van der Waals surface area (Å²) in [6, 6.07) is 10.8. The van der Waals surface area contributed by atoms with Gasteiger partial charge in [0.2, 0.25) is 5.78 Å². The summed E-state index contributed by atoms with van der Waals surface area (Å²) in [5, 5.41) is 11.0. The van der Waals surface area contributed by atoms with Gasteiger partial charge in [-0.2, -0.15) is 0 Å². The summed E-state index contributed by atoms with van der Waals surface area (Å²) in [6.07, 6.45) is 0.493. The fourth-order valence-electron chi connectivity index (χ4n) is 2.73. The zero-order valence-corrected chi connectivity index (χ0v) is 12.4. The first-order chi connectivity index (χ1) is 9.58. The molecule has 2 heterocycles. The van der Waals surface area contributed by atoms with Crippen LogP contribution in [0.1, 0.15) is 39.6 Å². The molecule has 1 aromatic heterocycles.